The SMILES string of the molecule is O=C(Cl)c1cc(N2CCC(N3CCOCC3)CC2)c2c(C3CCC3)nn(-c3ccccc3)c2n1. The van der Waals surface area contributed by atoms with Gasteiger partial charge in [-0.3, -0.25) is 9.69 Å². The highest BCUT2D eigenvalue weighted by Gasteiger charge is 2.32. The molecule has 2 saturated heterocycles. The van der Waals surface area contributed by atoms with Crippen molar-refractivity contribution in [3.63, 3.8) is 0 Å². The average molecular weight is 480 g/mol. The van der Waals surface area contributed by atoms with Crippen molar-refractivity contribution < 1.29 is 9.53 Å². The van der Waals surface area contributed by atoms with Crippen molar-refractivity contribution in [2.45, 2.75) is 44.1 Å². The number of nitrogens with zero attached hydrogens (tertiary/aromatic N) is 5. The van der Waals surface area contributed by atoms with E-state index in [1.54, 1.807) is 0 Å². The Kier molecular flexibility index (Phi) is 6.01. The fraction of sp³-hybridized carbons (Fsp3) is 0.500. The minimum atomic E-state index is -0.530. The van der Waals surface area contributed by atoms with E-state index < -0.39 is 5.24 Å². The number of benzene rings is 1. The number of rotatable bonds is 5. The summed E-state index contributed by atoms with van der Waals surface area (Å²) in [7, 11) is 0. The van der Waals surface area contributed by atoms with Crippen LogP contribution in [-0.4, -0.2) is 70.3 Å². The average Bonchev–Trinajstić information content (AvgIpc) is 3.23. The smallest absolute Gasteiger partial charge is 0.270 e. The fourth-order valence-electron chi connectivity index (χ4n) is 5.60. The summed E-state index contributed by atoms with van der Waals surface area (Å²) in [6, 6.07) is 12.5. The molecule has 1 aliphatic carbocycles. The molecular formula is C26H30ClN5O2. The number of hydrogen-bond donors (Lipinski definition) is 0. The Morgan fingerprint density at radius 1 is 1.00 bits per heavy atom. The van der Waals surface area contributed by atoms with Crippen LogP contribution in [0.4, 0.5) is 5.69 Å². The van der Waals surface area contributed by atoms with Crippen LogP contribution in [0.15, 0.2) is 36.4 Å². The highest BCUT2D eigenvalue weighted by atomic mass is 35.5. The van der Waals surface area contributed by atoms with Gasteiger partial charge in [-0.05, 0) is 55.5 Å². The van der Waals surface area contributed by atoms with Crippen LogP contribution in [0, 0.1) is 0 Å². The molecule has 1 aromatic carbocycles. The zero-order valence-electron chi connectivity index (χ0n) is 19.3. The summed E-state index contributed by atoms with van der Waals surface area (Å²) in [6.07, 6.45) is 5.72. The molecule has 0 radical (unpaired) electrons. The number of anilines is 1. The Bertz CT molecular complexity index is 1180. The van der Waals surface area contributed by atoms with Crippen molar-refractivity contribution in [1.82, 2.24) is 19.7 Å². The molecule has 4 heterocycles. The van der Waals surface area contributed by atoms with Crippen molar-refractivity contribution in [1.29, 1.82) is 0 Å². The van der Waals surface area contributed by atoms with Gasteiger partial charge in [0, 0.05) is 38.1 Å². The van der Waals surface area contributed by atoms with Crippen molar-refractivity contribution in [3.05, 3.63) is 47.8 Å². The van der Waals surface area contributed by atoms with Crippen LogP contribution in [0.25, 0.3) is 16.7 Å². The predicted octanol–water partition coefficient (Wildman–Crippen LogP) is 4.37. The second kappa shape index (κ2) is 9.29. The molecule has 34 heavy (non-hydrogen) atoms. The third-order valence-electron chi connectivity index (χ3n) is 7.71. The van der Waals surface area contributed by atoms with E-state index in [0.29, 0.717) is 12.0 Å². The molecule has 3 aromatic rings. The van der Waals surface area contributed by atoms with E-state index in [-0.39, 0.29) is 5.69 Å². The summed E-state index contributed by atoms with van der Waals surface area (Å²) in [5, 5.41) is 5.63. The molecular weight excluding hydrogens is 450 g/mol. The zero-order valence-corrected chi connectivity index (χ0v) is 20.1. The van der Waals surface area contributed by atoms with Crippen LogP contribution in [0.3, 0.4) is 0 Å². The summed E-state index contributed by atoms with van der Waals surface area (Å²) < 4.78 is 7.44. The fourth-order valence-corrected chi connectivity index (χ4v) is 5.70. The number of para-hydroxylation sites is 1. The lowest BCUT2D eigenvalue weighted by Gasteiger charge is -2.41. The summed E-state index contributed by atoms with van der Waals surface area (Å²) in [5.74, 6) is 0.441. The van der Waals surface area contributed by atoms with Gasteiger partial charge in [0.05, 0.1) is 35.7 Å². The van der Waals surface area contributed by atoms with E-state index in [0.717, 1.165) is 93.2 Å². The summed E-state index contributed by atoms with van der Waals surface area (Å²) in [4.78, 5) is 22.0. The predicted molar refractivity (Wildman–Crippen MR) is 133 cm³/mol. The standard InChI is InChI=1S/C26H30ClN5O2/c27-25(33)21-17-22(31-11-9-19(10-12-31)30-13-15-34-16-14-30)23-24(18-5-4-6-18)29-32(26(23)28-21)20-7-2-1-3-8-20/h1-3,7-8,17-19H,4-6,9-16H2. The lowest BCUT2D eigenvalue weighted by Crippen LogP contribution is -2.49. The normalized spacial score (nSPS) is 20.6. The van der Waals surface area contributed by atoms with Gasteiger partial charge < -0.3 is 9.64 Å². The topological polar surface area (TPSA) is 63.5 Å². The monoisotopic (exact) mass is 479 g/mol. The maximum atomic E-state index is 12.3. The minimum absolute atomic E-state index is 0.289. The van der Waals surface area contributed by atoms with Crippen LogP contribution < -0.4 is 4.90 Å². The highest BCUT2D eigenvalue weighted by Crippen LogP contribution is 2.43. The van der Waals surface area contributed by atoms with Crippen LogP contribution in [0.2, 0.25) is 0 Å². The van der Waals surface area contributed by atoms with Crippen molar-refractivity contribution in [3.8, 4) is 5.69 Å². The van der Waals surface area contributed by atoms with Gasteiger partial charge in [-0.2, -0.15) is 5.10 Å². The molecule has 3 fully saturated rings. The van der Waals surface area contributed by atoms with Gasteiger partial charge in [-0.25, -0.2) is 9.67 Å². The Hall–Kier alpha value is -2.48. The first-order chi connectivity index (χ1) is 16.7. The van der Waals surface area contributed by atoms with Gasteiger partial charge in [0.1, 0.15) is 5.69 Å². The number of ether oxygens (including phenoxy) is 1. The van der Waals surface area contributed by atoms with Gasteiger partial charge in [-0.1, -0.05) is 24.6 Å². The molecule has 0 N–H and O–H groups in total. The molecule has 2 aliphatic heterocycles. The Morgan fingerprint density at radius 2 is 1.74 bits per heavy atom. The van der Waals surface area contributed by atoms with Gasteiger partial charge in [0.25, 0.3) is 5.24 Å². The van der Waals surface area contributed by atoms with Gasteiger partial charge in [-0.15, -0.1) is 0 Å². The molecule has 0 amide bonds. The third kappa shape index (κ3) is 4.00. The molecule has 6 rings (SSSR count). The maximum absolute atomic E-state index is 12.3. The quantitative estimate of drug-likeness (QED) is 0.506. The van der Waals surface area contributed by atoms with E-state index in [9.17, 15) is 4.79 Å². The second-order valence-electron chi connectivity index (χ2n) is 9.63. The number of carbonyl (C=O) groups is 1. The first kappa shape index (κ1) is 22.0. The number of aromatic nitrogens is 3. The molecule has 0 atom stereocenters. The molecule has 7 nitrogen and oxygen atoms in total. The Balaban J connectivity index is 1.42. The van der Waals surface area contributed by atoms with E-state index in [4.69, 9.17) is 26.4 Å². The van der Waals surface area contributed by atoms with E-state index in [1.165, 1.54) is 6.42 Å². The number of fused-ring (bicyclic) bond motifs is 1. The molecule has 2 aromatic heterocycles. The van der Waals surface area contributed by atoms with Gasteiger partial charge in [0.15, 0.2) is 5.65 Å². The Labute approximate surface area is 204 Å². The number of morpholine rings is 1. The largest absolute Gasteiger partial charge is 0.379 e. The van der Waals surface area contributed by atoms with Crippen LogP contribution in [0.5, 0.6) is 0 Å². The molecule has 178 valence electrons. The number of hydrogen-bond acceptors (Lipinski definition) is 6. The van der Waals surface area contributed by atoms with Crippen molar-refractivity contribution in [2.75, 3.05) is 44.3 Å². The number of halogens is 1. The van der Waals surface area contributed by atoms with Gasteiger partial charge in [0.2, 0.25) is 0 Å². The van der Waals surface area contributed by atoms with Crippen molar-refractivity contribution in [2.24, 2.45) is 0 Å². The van der Waals surface area contributed by atoms with Crippen LogP contribution in [-0.2, 0) is 4.74 Å². The zero-order chi connectivity index (χ0) is 23.1. The first-order valence-electron chi connectivity index (χ1n) is 12.4. The van der Waals surface area contributed by atoms with Crippen LogP contribution >= 0.6 is 11.6 Å². The Morgan fingerprint density at radius 3 is 2.38 bits per heavy atom. The van der Waals surface area contributed by atoms with E-state index >= 15 is 0 Å². The minimum Gasteiger partial charge on any atom is -0.379 e. The van der Waals surface area contributed by atoms with E-state index in [2.05, 4.69) is 9.80 Å². The number of piperidine rings is 1. The number of carbonyl (C=O) groups excluding carboxylic acids is 1. The highest BCUT2D eigenvalue weighted by molar-refractivity contribution is 6.67. The molecule has 0 spiro atoms. The molecule has 1 saturated carbocycles. The lowest BCUT2D eigenvalue weighted by molar-refractivity contribution is 0.0115. The van der Waals surface area contributed by atoms with Gasteiger partial charge >= 0.3 is 0 Å². The van der Waals surface area contributed by atoms with Crippen LogP contribution in [0.1, 0.15) is 54.2 Å². The molecule has 3 aliphatic rings. The number of pyridine rings is 1. The molecule has 0 bridgehead atoms. The second-order valence-corrected chi connectivity index (χ2v) is 9.97. The summed E-state index contributed by atoms with van der Waals surface area (Å²) in [6.45, 7) is 5.58. The lowest BCUT2D eigenvalue weighted by atomic mass is 9.82. The summed E-state index contributed by atoms with van der Waals surface area (Å²) in [5.41, 5.74) is 4.12. The van der Waals surface area contributed by atoms with E-state index in [1.807, 2.05) is 41.1 Å². The maximum Gasteiger partial charge on any atom is 0.270 e. The summed E-state index contributed by atoms with van der Waals surface area (Å²) >= 11 is 5.98. The molecule has 8 heteroatoms. The van der Waals surface area contributed by atoms with Crippen molar-refractivity contribution >= 4 is 33.6 Å². The molecule has 0 unspecified atom stereocenters. The first-order valence-corrected chi connectivity index (χ1v) is 12.8. The third-order valence-corrected chi connectivity index (χ3v) is 7.90.